The largest absolute Gasteiger partial charge is 0.497 e. The molecule has 2 aromatic rings. The molecule has 0 bridgehead atoms. The number of fused-ring (bicyclic) bond motifs is 1. The molecule has 22 heavy (non-hydrogen) atoms. The third-order valence-corrected chi connectivity index (χ3v) is 4.07. The van der Waals surface area contributed by atoms with Gasteiger partial charge in [-0.2, -0.15) is 4.98 Å². The standard InChI is InChI=1S/C16H21N3O3/c1-21-14-5-3-11-8-13(4-2-12(11)9-14)17-7-6-15-18-16(10-20)22-19-15/h3,5,9,13,17,20H,2,4,6-8,10H2,1H3/t13-/m1/s1. The van der Waals surface area contributed by atoms with Gasteiger partial charge in [-0.1, -0.05) is 11.2 Å². The molecule has 1 aromatic carbocycles. The molecule has 0 fully saturated rings. The van der Waals surface area contributed by atoms with Gasteiger partial charge in [0.05, 0.1) is 7.11 Å². The summed E-state index contributed by atoms with van der Waals surface area (Å²) in [6.45, 7) is 0.601. The van der Waals surface area contributed by atoms with Crippen LogP contribution in [0.5, 0.6) is 5.75 Å². The molecule has 0 unspecified atom stereocenters. The van der Waals surface area contributed by atoms with Crippen LogP contribution < -0.4 is 10.1 Å². The quantitative estimate of drug-likeness (QED) is 0.836. The summed E-state index contributed by atoms with van der Waals surface area (Å²) >= 11 is 0. The van der Waals surface area contributed by atoms with Gasteiger partial charge in [0.2, 0.25) is 0 Å². The number of aliphatic hydroxyl groups is 1. The molecule has 1 aliphatic rings. The Morgan fingerprint density at radius 2 is 2.32 bits per heavy atom. The van der Waals surface area contributed by atoms with Crippen LogP contribution in [-0.4, -0.2) is 34.9 Å². The predicted octanol–water partition coefficient (Wildman–Crippen LogP) is 1.26. The Kier molecular flexibility index (Phi) is 4.70. The number of hydrogen-bond donors (Lipinski definition) is 2. The number of benzene rings is 1. The molecule has 1 aliphatic carbocycles. The first kappa shape index (κ1) is 15.0. The molecule has 0 spiro atoms. The number of aliphatic hydroxyl groups excluding tert-OH is 1. The summed E-state index contributed by atoms with van der Waals surface area (Å²) in [5.74, 6) is 1.84. The molecule has 0 radical (unpaired) electrons. The Balaban J connectivity index is 1.50. The highest BCUT2D eigenvalue weighted by molar-refractivity contribution is 5.37. The number of methoxy groups -OCH3 is 1. The molecule has 0 aliphatic heterocycles. The lowest BCUT2D eigenvalue weighted by molar-refractivity contribution is 0.222. The van der Waals surface area contributed by atoms with Gasteiger partial charge in [-0.25, -0.2) is 0 Å². The lowest BCUT2D eigenvalue weighted by Gasteiger charge is -2.25. The molecule has 6 heteroatoms. The number of ether oxygens (including phenoxy) is 1. The average Bonchev–Trinajstić information content (AvgIpc) is 3.02. The topological polar surface area (TPSA) is 80.4 Å². The maximum Gasteiger partial charge on any atom is 0.252 e. The highest BCUT2D eigenvalue weighted by atomic mass is 16.5. The van der Waals surface area contributed by atoms with Crippen molar-refractivity contribution in [2.24, 2.45) is 0 Å². The molecular formula is C16H21N3O3. The monoisotopic (exact) mass is 303 g/mol. The van der Waals surface area contributed by atoms with Gasteiger partial charge in [0.15, 0.2) is 5.82 Å². The first-order chi connectivity index (χ1) is 10.8. The van der Waals surface area contributed by atoms with Gasteiger partial charge in [-0.15, -0.1) is 0 Å². The Hall–Kier alpha value is -1.92. The van der Waals surface area contributed by atoms with Crippen LogP contribution in [0.2, 0.25) is 0 Å². The predicted molar refractivity (Wildman–Crippen MR) is 80.7 cm³/mol. The van der Waals surface area contributed by atoms with Crippen LogP contribution in [-0.2, 0) is 25.9 Å². The van der Waals surface area contributed by atoms with E-state index in [2.05, 4.69) is 27.6 Å². The number of nitrogens with zero attached hydrogens (tertiary/aromatic N) is 2. The Bertz CT molecular complexity index is 627. The van der Waals surface area contributed by atoms with E-state index in [9.17, 15) is 0 Å². The zero-order chi connectivity index (χ0) is 15.4. The van der Waals surface area contributed by atoms with E-state index in [0.717, 1.165) is 31.6 Å². The van der Waals surface area contributed by atoms with E-state index in [-0.39, 0.29) is 12.5 Å². The fourth-order valence-electron chi connectivity index (χ4n) is 2.88. The summed E-state index contributed by atoms with van der Waals surface area (Å²) in [6, 6.07) is 6.80. The van der Waals surface area contributed by atoms with Crippen molar-refractivity contribution in [2.75, 3.05) is 13.7 Å². The lowest BCUT2D eigenvalue weighted by Crippen LogP contribution is -2.35. The summed E-state index contributed by atoms with van der Waals surface area (Å²) in [4.78, 5) is 4.08. The van der Waals surface area contributed by atoms with Crippen LogP contribution in [0, 0.1) is 0 Å². The number of rotatable bonds is 6. The number of aromatic nitrogens is 2. The summed E-state index contributed by atoms with van der Waals surface area (Å²) in [7, 11) is 1.70. The third kappa shape index (κ3) is 3.45. The van der Waals surface area contributed by atoms with Gasteiger partial charge in [-0.05, 0) is 42.5 Å². The van der Waals surface area contributed by atoms with E-state index in [1.165, 1.54) is 11.1 Å². The van der Waals surface area contributed by atoms with Crippen LogP contribution in [0.15, 0.2) is 22.7 Å². The second-order valence-electron chi connectivity index (χ2n) is 5.54. The average molecular weight is 303 g/mol. The van der Waals surface area contributed by atoms with E-state index >= 15 is 0 Å². The molecule has 6 nitrogen and oxygen atoms in total. The van der Waals surface area contributed by atoms with Crippen LogP contribution in [0.3, 0.4) is 0 Å². The maximum absolute atomic E-state index is 8.89. The van der Waals surface area contributed by atoms with Crippen molar-refractivity contribution in [3.63, 3.8) is 0 Å². The van der Waals surface area contributed by atoms with Crippen molar-refractivity contribution < 1.29 is 14.4 Å². The van der Waals surface area contributed by atoms with E-state index in [4.69, 9.17) is 14.4 Å². The zero-order valence-corrected chi connectivity index (χ0v) is 12.7. The molecule has 1 atom stereocenters. The van der Waals surface area contributed by atoms with Gasteiger partial charge >= 0.3 is 0 Å². The molecule has 118 valence electrons. The van der Waals surface area contributed by atoms with Crippen LogP contribution in [0.1, 0.15) is 29.3 Å². The Morgan fingerprint density at radius 1 is 1.41 bits per heavy atom. The maximum atomic E-state index is 8.89. The highest BCUT2D eigenvalue weighted by Crippen LogP contribution is 2.25. The molecule has 1 aromatic heterocycles. The Morgan fingerprint density at radius 3 is 3.09 bits per heavy atom. The molecule has 0 saturated heterocycles. The summed E-state index contributed by atoms with van der Waals surface area (Å²) in [5.41, 5.74) is 2.79. The smallest absolute Gasteiger partial charge is 0.252 e. The number of aryl methyl sites for hydroxylation is 1. The first-order valence-electron chi connectivity index (χ1n) is 7.60. The van der Waals surface area contributed by atoms with Gasteiger partial charge in [0.1, 0.15) is 12.4 Å². The van der Waals surface area contributed by atoms with Crippen LogP contribution in [0.25, 0.3) is 0 Å². The van der Waals surface area contributed by atoms with Gasteiger partial charge in [-0.3, -0.25) is 0 Å². The van der Waals surface area contributed by atoms with Crippen molar-refractivity contribution in [3.8, 4) is 5.75 Å². The SMILES string of the molecule is COc1ccc2c(c1)CC[C@@H](NCCc1noc(CO)n1)C2. The van der Waals surface area contributed by atoms with Gasteiger partial charge < -0.3 is 19.7 Å². The molecule has 0 amide bonds. The van der Waals surface area contributed by atoms with Crippen LogP contribution in [0.4, 0.5) is 0 Å². The van der Waals surface area contributed by atoms with E-state index in [1.54, 1.807) is 7.11 Å². The second kappa shape index (κ2) is 6.89. The van der Waals surface area contributed by atoms with Gasteiger partial charge in [0, 0.05) is 19.0 Å². The Labute approximate surface area is 129 Å². The minimum absolute atomic E-state index is 0.205. The van der Waals surface area contributed by atoms with E-state index < -0.39 is 0 Å². The van der Waals surface area contributed by atoms with E-state index in [0.29, 0.717) is 18.3 Å². The third-order valence-electron chi connectivity index (χ3n) is 4.07. The second-order valence-corrected chi connectivity index (χ2v) is 5.54. The van der Waals surface area contributed by atoms with Crippen molar-refractivity contribution in [3.05, 3.63) is 41.0 Å². The lowest BCUT2D eigenvalue weighted by atomic mass is 9.88. The first-order valence-corrected chi connectivity index (χ1v) is 7.60. The number of nitrogens with one attached hydrogen (secondary N) is 1. The molecular weight excluding hydrogens is 282 g/mol. The highest BCUT2D eigenvalue weighted by Gasteiger charge is 2.18. The fourth-order valence-corrected chi connectivity index (χ4v) is 2.88. The number of hydrogen-bond acceptors (Lipinski definition) is 6. The fraction of sp³-hybridized carbons (Fsp3) is 0.500. The summed E-state index contributed by atoms with van der Waals surface area (Å²) < 4.78 is 10.1. The minimum atomic E-state index is -0.205. The summed E-state index contributed by atoms with van der Waals surface area (Å²) in [6.07, 6.45) is 3.93. The van der Waals surface area contributed by atoms with Crippen molar-refractivity contribution in [1.82, 2.24) is 15.5 Å². The molecule has 2 N–H and O–H groups in total. The van der Waals surface area contributed by atoms with Gasteiger partial charge in [0.25, 0.3) is 5.89 Å². The molecule has 1 heterocycles. The molecule has 3 rings (SSSR count). The van der Waals surface area contributed by atoms with Crippen molar-refractivity contribution in [1.29, 1.82) is 0 Å². The van der Waals surface area contributed by atoms with Crippen LogP contribution >= 0.6 is 0 Å². The zero-order valence-electron chi connectivity index (χ0n) is 12.7. The minimum Gasteiger partial charge on any atom is -0.497 e. The van der Waals surface area contributed by atoms with Crippen molar-refractivity contribution in [2.45, 2.75) is 38.3 Å². The molecule has 0 saturated carbocycles. The van der Waals surface area contributed by atoms with E-state index in [1.807, 2.05) is 6.07 Å². The normalized spacial score (nSPS) is 17.3. The summed E-state index contributed by atoms with van der Waals surface area (Å²) in [5, 5.41) is 16.3. The van der Waals surface area contributed by atoms with Crippen molar-refractivity contribution >= 4 is 0 Å².